The number of hydrogen-bond acceptors (Lipinski definition) is 3. The Hall–Kier alpha value is -0.770. The second-order valence-electron chi connectivity index (χ2n) is 3.36. The summed E-state index contributed by atoms with van der Waals surface area (Å²) in [5, 5.41) is 0. The average Bonchev–Trinajstić information content (AvgIpc) is 2.46. The summed E-state index contributed by atoms with van der Waals surface area (Å²) in [5.74, 6) is 0. The lowest BCUT2D eigenvalue weighted by Gasteiger charge is -2.19. The molecule has 1 amide bonds. The predicted molar refractivity (Wildman–Crippen MR) is 50.4 cm³/mol. The van der Waals surface area contributed by atoms with Gasteiger partial charge in [0, 0.05) is 6.54 Å². The third-order valence-electron chi connectivity index (χ3n) is 2.28. The second kappa shape index (κ2) is 5.07. The average molecular weight is 186 g/mol. The van der Waals surface area contributed by atoms with E-state index in [1.165, 1.54) is 0 Å². The number of cyclic esters (lactones) is 1. The summed E-state index contributed by atoms with van der Waals surface area (Å²) in [5.41, 5.74) is 5.42. The van der Waals surface area contributed by atoms with Gasteiger partial charge in [0.1, 0.15) is 6.61 Å². The van der Waals surface area contributed by atoms with E-state index in [1.54, 1.807) is 0 Å². The first-order valence-corrected chi connectivity index (χ1v) is 4.93. The Morgan fingerprint density at radius 3 is 3.08 bits per heavy atom. The lowest BCUT2D eigenvalue weighted by molar-refractivity contribution is 0.157. The van der Waals surface area contributed by atoms with Gasteiger partial charge in [-0.1, -0.05) is 6.92 Å². The maximum absolute atomic E-state index is 11.2. The Morgan fingerprint density at radius 2 is 2.46 bits per heavy atom. The minimum atomic E-state index is -0.163. The fourth-order valence-corrected chi connectivity index (χ4v) is 1.60. The van der Waals surface area contributed by atoms with Crippen LogP contribution in [0.3, 0.4) is 0 Å². The fraction of sp³-hybridized carbons (Fsp3) is 0.889. The lowest BCUT2D eigenvalue weighted by atomic mass is 10.1. The molecule has 1 unspecified atom stereocenters. The molecule has 0 aromatic carbocycles. The molecule has 2 N–H and O–H groups in total. The summed E-state index contributed by atoms with van der Waals surface area (Å²) in [7, 11) is 0. The quantitative estimate of drug-likeness (QED) is 0.695. The number of nitrogens with zero attached hydrogens (tertiary/aromatic N) is 1. The molecule has 1 rings (SSSR count). The molecule has 4 heteroatoms. The van der Waals surface area contributed by atoms with Crippen LogP contribution in [-0.2, 0) is 4.74 Å². The van der Waals surface area contributed by atoms with Crippen molar-refractivity contribution in [3.8, 4) is 0 Å². The smallest absolute Gasteiger partial charge is 0.410 e. The highest BCUT2D eigenvalue weighted by Gasteiger charge is 2.31. The third-order valence-corrected chi connectivity index (χ3v) is 2.28. The van der Waals surface area contributed by atoms with Crippen molar-refractivity contribution in [1.82, 2.24) is 4.90 Å². The number of carbonyl (C=O) groups excluding carboxylic acids is 1. The first-order chi connectivity index (χ1) is 6.29. The van der Waals surface area contributed by atoms with Gasteiger partial charge in [0.25, 0.3) is 0 Å². The maximum atomic E-state index is 11.2. The third kappa shape index (κ3) is 2.59. The van der Waals surface area contributed by atoms with Crippen LogP contribution in [-0.4, -0.2) is 36.7 Å². The van der Waals surface area contributed by atoms with E-state index in [1.807, 2.05) is 4.90 Å². The van der Waals surface area contributed by atoms with Crippen LogP contribution in [0, 0.1) is 0 Å². The van der Waals surface area contributed by atoms with Crippen molar-refractivity contribution >= 4 is 6.09 Å². The van der Waals surface area contributed by atoms with Crippen molar-refractivity contribution in [1.29, 1.82) is 0 Å². The normalized spacial score (nSPS) is 22.2. The molecule has 13 heavy (non-hydrogen) atoms. The lowest BCUT2D eigenvalue weighted by Crippen LogP contribution is -2.34. The van der Waals surface area contributed by atoms with E-state index in [2.05, 4.69) is 6.92 Å². The number of nitrogens with two attached hydrogens (primary N) is 1. The van der Waals surface area contributed by atoms with Gasteiger partial charge in [-0.15, -0.1) is 0 Å². The van der Waals surface area contributed by atoms with Crippen molar-refractivity contribution in [2.45, 2.75) is 32.2 Å². The summed E-state index contributed by atoms with van der Waals surface area (Å²) in [4.78, 5) is 13.0. The Bertz CT molecular complexity index is 173. The zero-order valence-corrected chi connectivity index (χ0v) is 8.16. The summed E-state index contributed by atoms with van der Waals surface area (Å²) >= 11 is 0. The van der Waals surface area contributed by atoms with E-state index < -0.39 is 0 Å². The summed E-state index contributed by atoms with van der Waals surface area (Å²) in [6.45, 7) is 4.09. The molecular formula is C9H18N2O2. The zero-order valence-electron chi connectivity index (χ0n) is 8.16. The van der Waals surface area contributed by atoms with E-state index in [0.29, 0.717) is 13.2 Å². The van der Waals surface area contributed by atoms with E-state index in [0.717, 1.165) is 25.8 Å². The van der Waals surface area contributed by atoms with Crippen molar-refractivity contribution in [2.75, 3.05) is 19.7 Å². The van der Waals surface area contributed by atoms with Gasteiger partial charge >= 0.3 is 6.09 Å². The molecule has 0 aromatic heterocycles. The highest BCUT2D eigenvalue weighted by molar-refractivity contribution is 5.70. The monoisotopic (exact) mass is 186 g/mol. The first-order valence-electron chi connectivity index (χ1n) is 4.93. The molecule has 1 atom stereocenters. The van der Waals surface area contributed by atoms with Crippen molar-refractivity contribution < 1.29 is 9.53 Å². The van der Waals surface area contributed by atoms with E-state index in [9.17, 15) is 4.79 Å². The summed E-state index contributed by atoms with van der Waals surface area (Å²) < 4.78 is 4.97. The molecule has 1 aliphatic rings. The van der Waals surface area contributed by atoms with Gasteiger partial charge in [-0.2, -0.15) is 0 Å². The SMILES string of the molecule is CCCN1C(=O)OCC1CCCN. The molecule has 0 aromatic rings. The van der Waals surface area contributed by atoms with Crippen LogP contribution in [0.4, 0.5) is 4.79 Å². The largest absolute Gasteiger partial charge is 0.447 e. The van der Waals surface area contributed by atoms with E-state index in [-0.39, 0.29) is 12.1 Å². The number of hydrogen-bond donors (Lipinski definition) is 1. The minimum Gasteiger partial charge on any atom is -0.447 e. The Morgan fingerprint density at radius 1 is 1.69 bits per heavy atom. The van der Waals surface area contributed by atoms with Crippen molar-refractivity contribution in [3.05, 3.63) is 0 Å². The van der Waals surface area contributed by atoms with E-state index >= 15 is 0 Å². The molecule has 1 saturated heterocycles. The predicted octanol–water partition coefficient (Wildman–Crippen LogP) is 0.956. The number of amides is 1. The van der Waals surface area contributed by atoms with Gasteiger partial charge < -0.3 is 15.4 Å². The van der Waals surface area contributed by atoms with Crippen LogP contribution >= 0.6 is 0 Å². The van der Waals surface area contributed by atoms with E-state index in [4.69, 9.17) is 10.5 Å². The van der Waals surface area contributed by atoms with Crippen LogP contribution in [0.15, 0.2) is 0 Å². The Labute approximate surface area is 79.0 Å². The highest BCUT2D eigenvalue weighted by atomic mass is 16.6. The van der Waals surface area contributed by atoms with Crippen LogP contribution in [0.2, 0.25) is 0 Å². The van der Waals surface area contributed by atoms with Gasteiger partial charge in [-0.3, -0.25) is 0 Å². The van der Waals surface area contributed by atoms with Gasteiger partial charge in [-0.05, 0) is 25.8 Å². The van der Waals surface area contributed by atoms with Crippen molar-refractivity contribution in [2.24, 2.45) is 5.73 Å². The molecule has 1 heterocycles. The molecule has 76 valence electrons. The van der Waals surface area contributed by atoms with Crippen LogP contribution in [0.25, 0.3) is 0 Å². The minimum absolute atomic E-state index is 0.163. The van der Waals surface area contributed by atoms with Crippen LogP contribution in [0.1, 0.15) is 26.2 Å². The first kappa shape index (κ1) is 10.3. The number of ether oxygens (including phenoxy) is 1. The molecule has 0 saturated carbocycles. The second-order valence-corrected chi connectivity index (χ2v) is 3.36. The highest BCUT2D eigenvalue weighted by Crippen LogP contribution is 2.16. The molecule has 1 fully saturated rings. The molecule has 4 nitrogen and oxygen atoms in total. The Kier molecular flexibility index (Phi) is 4.02. The molecular weight excluding hydrogens is 168 g/mol. The molecule has 0 spiro atoms. The standard InChI is InChI=1S/C9H18N2O2/c1-2-6-11-8(4-3-5-10)7-13-9(11)12/h8H,2-7,10H2,1H3. The summed E-state index contributed by atoms with van der Waals surface area (Å²) in [6, 6.07) is 0.260. The van der Waals surface area contributed by atoms with Crippen molar-refractivity contribution in [3.63, 3.8) is 0 Å². The zero-order chi connectivity index (χ0) is 9.68. The molecule has 1 aliphatic heterocycles. The van der Waals surface area contributed by atoms with Gasteiger partial charge in [0.15, 0.2) is 0 Å². The topological polar surface area (TPSA) is 55.6 Å². The maximum Gasteiger partial charge on any atom is 0.410 e. The summed E-state index contributed by atoms with van der Waals surface area (Å²) in [6.07, 6.45) is 2.74. The molecule has 0 radical (unpaired) electrons. The van der Waals surface area contributed by atoms with Gasteiger partial charge in [-0.25, -0.2) is 4.79 Å². The molecule has 0 aliphatic carbocycles. The number of carbonyl (C=O) groups is 1. The molecule has 0 bridgehead atoms. The van der Waals surface area contributed by atoms with Gasteiger partial charge in [0.05, 0.1) is 6.04 Å². The fourth-order valence-electron chi connectivity index (χ4n) is 1.60. The van der Waals surface area contributed by atoms with Crippen LogP contribution < -0.4 is 5.73 Å². The Balaban J connectivity index is 2.39. The number of rotatable bonds is 5. The van der Waals surface area contributed by atoms with Gasteiger partial charge in [0.2, 0.25) is 0 Å². The van der Waals surface area contributed by atoms with Crippen LogP contribution in [0.5, 0.6) is 0 Å².